The molecule has 5 heteroatoms. The number of carboxylic acids is 1. The van der Waals surface area contributed by atoms with Gasteiger partial charge in [-0.1, -0.05) is 0 Å². The zero-order valence-corrected chi connectivity index (χ0v) is 12.6. The fourth-order valence-electron chi connectivity index (χ4n) is 4.97. The van der Waals surface area contributed by atoms with E-state index < -0.39 is 5.97 Å². The molecule has 112 valence electrons. The Labute approximate surface area is 124 Å². The number of thioether (sulfide) groups is 1. The van der Waals surface area contributed by atoms with Crippen LogP contribution in [0.1, 0.15) is 38.5 Å². The SMILES string of the molecule is O=C(O)CSCCNC(=O)C12CC3CC(CC(C3)C1)C2. The van der Waals surface area contributed by atoms with Crippen LogP contribution >= 0.6 is 11.8 Å². The predicted molar refractivity (Wildman–Crippen MR) is 78.6 cm³/mol. The molecule has 0 radical (unpaired) electrons. The Morgan fingerprint density at radius 1 is 1.10 bits per heavy atom. The maximum absolute atomic E-state index is 12.6. The number of carboxylic acid groups (broad SMARTS) is 1. The molecule has 0 heterocycles. The Balaban J connectivity index is 1.48. The topological polar surface area (TPSA) is 66.4 Å². The van der Waals surface area contributed by atoms with Crippen molar-refractivity contribution in [1.29, 1.82) is 0 Å². The highest BCUT2D eigenvalue weighted by Crippen LogP contribution is 2.60. The number of carbonyl (C=O) groups is 2. The molecule has 4 fully saturated rings. The van der Waals surface area contributed by atoms with Gasteiger partial charge in [-0.05, 0) is 56.3 Å². The predicted octanol–water partition coefficient (Wildman–Crippen LogP) is 2.14. The third-order valence-electron chi connectivity index (χ3n) is 5.28. The number of hydrogen-bond acceptors (Lipinski definition) is 3. The van der Waals surface area contributed by atoms with Gasteiger partial charge < -0.3 is 10.4 Å². The Morgan fingerprint density at radius 3 is 2.15 bits per heavy atom. The average molecular weight is 297 g/mol. The molecule has 0 aromatic rings. The van der Waals surface area contributed by atoms with E-state index in [1.807, 2.05) is 0 Å². The molecule has 4 bridgehead atoms. The molecule has 20 heavy (non-hydrogen) atoms. The second-order valence-electron chi connectivity index (χ2n) is 6.90. The molecule has 2 N–H and O–H groups in total. The maximum atomic E-state index is 12.6. The summed E-state index contributed by atoms with van der Waals surface area (Å²) < 4.78 is 0. The zero-order valence-electron chi connectivity index (χ0n) is 11.8. The van der Waals surface area contributed by atoms with Crippen LogP contribution in [0, 0.1) is 23.2 Å². The van der Waals surface area contributed by atoms with E-state index in [1.165, 1.54) is 31.0 Å². The van der Waals surface area contributed by atoms with Crippen molar-refractivity contribution in [2.24, 2.45) is 23.2 Å². The fourth-order valence-corrected chi connectivity index (χ4v) is 5.54. The highest BCUT2D eigenvalue weighted by molar-refractivity contribution is 7.99. The van der Waals surface area contributed by atoms with Crippen molar-refractivity contribution in [3.63, 3.8) is 0 Å². The first kappa shape index (κ1) is 14.2. The molecule has 0 saturated heterocycles. The molecule has 4 aliphatic carbocycles. The Hall–Kier alpha value is -0.710. The monoisotopic (exact) mass is 297 g/mol. The summed E-state index contributed by atoms with van der Waals surface area (Å²) in [7, 11) is 0. The van der Waals surface area contributed by atoms with Gasteiger partial charge in [0.15, 0.2) is 0 Å². The third-order valence-corrected chi connectivity index (χ3v) is 6.22. The van der Waals surface area contributed by atoms with Crippen molar-refractivity contribution in [2.75, 3.05) is 18.1 Å². The van der Waals surface area contributed by atoms with Gasteiger partial charge >= 0.3 is 5.97 Å². The van der Waals surface area contributed by atoms with Crippen LogP contribution in [0.15, 0.2) is 0 Å². The van der Waals surface area contributed by atoms with E-state index in [0.29, 0.717) is 12.3 Å². The first-order chi connectivity index (χ1) is 9.57. The van der Waals surface area contributed by atoms with Crippen molar-refractivity contribution in [3.05, 3.63) is 0 Å². The second kappa shape index (κ2) is 5.58. The lowest BCUT2D eigenvalue weighted by Gasteiger charge is -2.55. The number of rotatable bonds is 6. The van der Waals surface area contributed by atoms with Gasteiger partial charge in [0, 0.05) is 17.7 Å². The highest BCUT2D eigenvalue weighted by atomic mass is 32.2. The van der Waals surface area contributed by atoms with E-state index in [9.17, 15) is 9.59 Å². The Kier molecular flexibility index (Phi) is 3.98. The summed E-state index contributed by atoms with van der Waals surface area (Å²) in [4.78, 5) is 23.0. The standard InChI is InChI=1S/C15H23NO3S/c17-13(18)9-20-2-1-16-14(19)15-6-10-3-11(7-15)5-12(4-10)8-15/h10-12H,1-9H2,(H,16,19)(H,17,18). The molecule has 0 aliphatic heterocycles. The molecular weight excluding hydrogens is 274 g/mol. The van der Waals surface area contributed by atoms with Gasteiger partial charge in [0.05, 0.1) is 5.75 Å². The van der Waals surface area contributed by atoms with Gasteiger partial charge in [0.25, 0.3) is 0 Å². The van der Waals surface area contributed by atoms with Crippen molar-refractivity contribution < 1.29 is 14.7 Å². The summed E-state index contributed by atoms with van der Waals surface area (Å²) in [6, 6.07) is 0. The fraction of sp³-hybridized carbons (Fsp3) is 0.867. The van der Waals surface area contributed by atoms with Gasteiger partial charge in [-0.15, -0.1) is 11.8 Å². The van der Waals surface area contributed by atoms with Gasteiger partial charge in [0.2, 0.25) is 5.91 Å². The van der Waals surface area contributed by atoms with Crippen molar-refractivity contribution in [2.45, 2.75) is 38.5 Å². The molecule has 4 aliphatic rings. The highest BCUT2D eigenvalue weighted by Gasteiger charge is 2.54. The molecule has 4 rings (SSSR count). The molecule has 0 atom stereocenters. The van der Waals surface area contributed by atoms with E-state index in [0.717, 1.165) is 37.0 Å². The molecule has 0 unspecified atom stereocenters. The molecular formula is C15H23NO3S. The smallest absolute Gasteiger partial charge is 0.313 e. The summed E-state index contributed by atoms with van der Waals surface area (Å²) in [5.74, 6) is 2.61. The van der Waals surface area contributed by atoms with Crippen LogP contribution in [0.4, 0.5) is 0 Å². The lowest BCUT2D eigenvalue weighted by atomic mass is 9.49. The lowest BCUT2D eigenvalue weighted by Crippen LogP contribution is -2.53. The Bertz CT molecular complexity index is 375. The number of hydrogen-bond donors (Lipinski definition) is 2. The molecule has 0 aromatic carbocycles. The van der Waals surface area contributed by atoms with Crippen LogP contribution in [-0.4, -0.2) is 35.0 Å². The summed E-state index contributed by atoms with van der Waals surface area (Å²) in [5, 5.41) is 11.6. The van der Waals surface area contributed by atoms with E-state index in [4.69, 9.17) is 5.11 Å². The van der Waals surface area contributed by atoms with E-state index in [-0.39, 0.29) is 17.1 Å². The van der Waals surface area contributed by atoms with Crippen molar-refractivity contribution >= 4 is 23.6 Å². The van der Waals surface area contributed by atoms with Crippen molar-refractivity contribution in [3.8, 4) is 0 Å². The van der Waals surface area contributed by atoms with Crippen LogP contribution < -0.4 is 5.32 Å². The third kappa shape index (κ3) is 2.83. The van der Waals surface area contributed by atoms with Crippen LogP contribution in [0.3, 0.4) is 0 Å². The minimum Gasteiger partial charge on any atom is -0.481 e. The van der Waals surface area contributed by atoms with E-state index in [1.54, 1.807) is 0 Å². The zero-order chi connectivity index (χ0) is 14.2. The minimum absolute atomic E-state index is 0.0772. The van der Waals surface area contributed by atoms with Crippen molar-refractivity contribution in [1.82, 2.24) is 5.32 Å². The van der Waals surface area contributed by atoms with Gasteiger partial charge in [-0.25, -0.2) is 0 Å². The van der Waals surface area contributed by atoms with Crippen LogP contribution in [0.25, 0.3) is 0 Å². The quantitative estimate of drug-likeness (QED) is 0.737. The largest absolute Gasteiger partial charge is 0.481 e. The van der Waals surface area contributed by atoms with Crippen LogP contribution in [0.5, 0.6) is 0 Å². The molecule has 4 nitrogen and oxygen atoms in total. The summed E-state index contributed by atoms with van der Waals surface area (Å²) in [6.45, 7) is 0.596. The number of aliphatic carboxylic acids is 1. The first-order valence-corrected chi connectivity index (χ1v) is 8.81. The molecule has 4 saturated carbocycles. The van der Waals surface area contributed by atoms with Crippen LogP contribution in [-0.2, 0) is 9.59 Å². The number of nitrogens with one attached hydrogen (secondary N) is 1. The van der Waals surface area contributed by atoms with E-state index >= 15 is 0 Å². The minimum atomic E-state index is -0.789. The summed E-state index contributed by atoms with van der Waals surface area (Å²) in [5.41, 5.74) is -0.0772. The summed E-state index contributed by atoms with van der Waals surface area (Å²) >= 11 is 1.37. The number of carbonyl (C=O) groups excluding carboxylic acids is 1. The maximum Gasteiger partial charge on any atom is 0.313 e. The van der Waals surface area contributed by atoms with Gasteiger partial charge in [0.1, 0.15) is 0 Å². The van der Waals surface area contributed by atoms with Crippen LogP contribution in [0.2, 0.25) is 0 Å². The van der Waals surface area contributed by atoms with Gasteiger partial charge in [-0.2, -0.15) is 0 Å². The Morgan fingerprint density at radius 2 is 1.65 bits per heavy atom. The molecule has 1 amide bonds. The van der Waals surface area contributed by atoms with E-state index in [2.05, 4.69) is 5.32 Å². The second-order valence-corrected chi connectivity index (χ2v) is 8.01. The number of amides is 1. The lowest BCUT2D eigenvalue weighted by molar-refractivity contribution is -0.146. The first-order valence-electron chi connectivity index (χ1n) is 7.65. The molecule has 0 spiro atoms. The van der Waals surface area contributed by atoms with Gasteiger partial charge in [-0.3, -0.25) is 9.59 Å². The normalized spacial score (nSPS) is 37.9. The summed E-state index contributed by atoms with van der Waals surface area (Å²) in [6.07, 6.45) is 7.32. The molecule has 0 aromatic heterocycles. The average Bonchev–Trinajstić information content (AvgIpc) is 2.36.